The van der Waals surface area contributed by atoms with Gasteiger partial charge in [-0.2, -0.15) is 4.99 Å². The van der Waals surface area contributed by atoms with E-state index in [0.717, 1.165) is 29.4 Å². The van der Waals surface area contributed by atoms with Crippen LogP contribution in [0, 0.1) is 5.92 Å². The minimum atomic E-state index is -0.487. The lowest BCUT2D eigenvalue weighted by atomic mass is 9.89. The fourth-order valence-electron chi connectivity index (χ4n) is 3.54. The third-order valence-electron chi connectivity index (χ3n) is 4.77. The van der Waals surface area contributed by atoms with Gasteiger partial charge in [0.05, 0.1) is 0 Å². The van der Waals surface area contributed by atoms with Crippen LogP contribution in [0.2, 0.25) is 0 Å². The third-order valence-corrected chi connectivity index (χ3v) is 5.51. The van der Waals surface area contributed by atoms with E-state index in [4.69, 9.17) is 5.73 Å². The minimum absolute atomic E-state index is 0.165. The molecule has 1 atom stereocenters. The summed E-state index contributed by atoms with van der Waals surface area (Å²) in [6.45, 7) is 0.787. The number of rotatable bonds is 2. The number of aliphatic imine (C=N–C) groups is 1. The number of urea groups is 1. The Morgan fingerprint density at radius 3 is 3.00 bits per heavy atom. The Hall–Kier alpha value is -1.36. The van der Waals surface area contributed by atoms with Crippen LogP contribution in [-0.2, 0) is 12.0 Å². The maximum absolute atomic E-state index is 12.3. The molecule has 1 unspecified atom stereocenters. The smallest absolute Gasteiger partial charge is 0.346 e. The summed E-state index contributed by atoms with van der Waals surface area (Å²) in [5.41, 5.74) is 8.12. The molecule has 20 heavy (non-hydrogen) atoms. The summed E-state index contributed by atoms with van der Waals surface area (Å²) in [6, 6.07) is 5.99. The standard InChI is InChI=1S/C15H16BrN3O/c16-12-3-1-2-11-10(12)6-7-15(11)13(17)18-14(20)19(15)8-9-4-5-9/h1-3,9H,4-8H2,(H2,17,18,20). The predicted octanol–water partition coefficient (Wildman–Crippen LogP) is 2.79. The number of hydrogen-bond acceptors (Lipinski definition) is 2. The van der Waals surface area contributed by atoms with Crippen molar-refractivity contribution in [3.8, 4) is 0 Å². The number of carbonyl (C=O) groups is 1. The van der Waals surface area contributed by atoms with Crippen LogP contribution < -0.4 is 5.73 Å². The maximum atomic E-state index is 12.3. The van der Waals surface area contributed by atoms with Gasteiger partial charge in [0.25, 0.3) is 0 Å². The highest BCUT2D eigenvalue weighted by molar-refractivity contribution is 9.10. The van der Waals surface area contributed by atoms with Crippen LogP contribution in [-0.4, -0.2) is 23.3 Å². The molecule has 4 nitrogen and oxygen atoms in total. The van der Waals surface area contributed by atoms with Gasteiger partial charge in [0.15, 0.2) is 0 Å². The first-order valence-corrected chi connectivity index (χ1v) is 7.86. The molecule has 2 N–H and O–H groups in total. The highest BCUT2D eigenvalue weighted by Crippen LogP contribution is 2.48. The summed E-state index contributed by atoms with van der Waals surface area (Å²) < 4.78 is 1.10. The molecule has 1 saturated carbocycles. The molecule has 0 radical (unpaired) electrons. The molecule has 0 aromatic heterocycles. The molecule has 1 aromatic rings. The van der Waals surface area contributed by atoms with Gasteiger partial charge in [0.2, 0.25) is 0 Å². The Bertz CT molecular complexity index is 638. The summed E-state index contributed by atoms with van der Waals surface area (Å²) in [5, 5.41) is 0. The SMILES string of the molecule is NC1=NC(=O)N(CC2CC2)C12CCc1c(Br)cccc12. The van der Waals surface area contributed by atoms with Gasteiger partial charge in [-0.15, -0.1) is 0 Å². The molecule has 2 amide bonds. The number of nitrogens with two attached hydrogens (primary N) is 1. The monoisotopic (exact) mass is 333 g/mol. The molecule has 104 valence electrons. The molecule has 1 aromatic carbocycles. The van der Waals surface area contributed by atoms with Crippen molar-refractivity contribution in [1.29, 1.82) is 0 Å². The lowest BCUT2D eigenvalue weighted by Crippen LogP contribution is -2.50. The van der Waals surface area contributed by atoms with Crippen molar-refractivity contribution in [2.45, 2.75) is 31.2 Å². The Morgan fingerprint density at radius 1 is 1.45 bits per heavy atom. The first-order chi connectivity index (χ1) is 9.63. The van der Waals surface area contributed by atoms with E-state index >= 15 is 0 Å². The zero-order valence-electron chi connectivity index (χ0n) is 11.1. The predicted molar refractivity (Wildman–Crippen MR) is 80.6 cm³/mol. The molecular weight excluding hydrogens is 318 g/mol. The second kappa shape index (κ2) is 4.07. The van der Waals surface area contributed by atoms with Crippen LogP contribution in [0.4, 0.5) is 4.79 Å². The Morgan fingerprint density at radius 2 is 2.25 bits per heavy atom. The first kappa shape index (κ1) is 12.4. The molecule has 4 rings (SSSR count). The summed E-state index contributed by atoms with van der Waals surface area (Å²) in [7, 11) is 0. The van der Waals surface area contributed by atoms with Gasteiger partial charge in [-0.05, 0) is 48.8 Å². The molecule has 1 fully saturated rings. The average molecular weight is 334 g/mol. The third kappa shape index (κ3) is 1.53. The topological polar surface area (TPSA) is 58.7 Å². The lowest BCUT2D eigenvalue weighted by Gasteiger charge is -2.35. The van der Waals surface area contributed by atoms with Crippen molar-refractivity contribution in [3.05, 3.63) is 33.8 Å². The van der Waals surface area contributed by atoms with Crippen molar-refractivity contribution in [3.63, 3.8) is 0 Å². The number of fused-ring (bicyclic) bond motifs is 2. The normalized spacial score (nSPS) is 28.1. The number of hydrogen-bond donors (Lipinski definition) is 1. The van der Waals surface area contributed by atoms with Gasteiger partial charge in [-0.3, -0.25) is 0 Å². The maximum Gasteiger partial charge on any atom is 0.346 e. The Balaban J connectivity index is 1.85. The number of amidine groups is 1. The molecule has 1 aliphatic heterocycles. The van der Waals surface area contributed by atoms with Gasteiger partial charge in [-0.25, -0.2) is 4.79 Å². The van der Waals surface area contributed by atoms with E-state index < -0.39 is 5.54 Å². The Kier molecular flexibility index (Phi) is 2.52. The number of halogens is 1. The molecule has 2 aliphatic carbocycles. The second-order valence-corrected chi connectivity index (χ2v) is 6.81. The summed E-state index contributed by atoms with van der Waals surface area (Å²) >= 11 is 3.61. The van der Waals surface area contributed by atoms with Gasteiger partial charge >= 0.3 is 6.03 Å². The summed E-state index contributed by atoms with van der Waals surface area (Å²) in [4.78, 5) is 18.2. The number of benzene rings is 1. The fourth-order valence-corrected chi connectivity index (χ4v) is 4.10. The van der Waals surface area contributed by atoms with Crippen LogP contribution in [0.5, 0.6) is 0 Å². The minimum Gasteiger partial charge on any atom is -0.385 e. The van der Waals surface area contributed by atoms with E-state index in [1.54, 1.807) is 0 Å². The van der Waals surface area contributed by atoms with Crippen molar-refractivity contribution in [1.82, 2.24) is 4.90 Å². The first-order valence-electron chi connectivity index (χ1n) is 7.07. The van der Waals surface area contributed by atoms with Crippen molar-refractivity contribution in [2.24, 2.45) is 16.6 Å². The van der Waals surface area contributed by atoms with Gasteiger partial charge in [0, 0.05) is 11.0 Å². The van der Waals surface area contributed by atoms with Crippen molar-refractivity contribution >= 4 is 27.8 Å². The van der Waals surface area contributed by atoms with Crippen LogP contribution in [0.15, 0.2) is 27.7 Å². The van der Waals surface area contributed by atoms with E-state index in [2.05, 4.69) is 27.0 Å². The van der Waals surface area contributed by atoms with E-state index in [1.165, 1.54) is 18.4 Å². The van der Waals surface area contributed by atoms with E-state index in [1.807, 2.05) is 17.0 Å². The molecule has 5 heteroatoms. The highest BCUT2D eigenvalue weighted by Gasteiger charge is 2.54. The van der Waals surface area contributed by atoms with E-state index in [0.29, 0.717) is 11.8 Å². The van der Waals surface area contributed by atoms with Crippen molar-refractivity contribution < 1.29 is 4.79 Å². The molecule has 0 bridgehead atoms. The second-order valence-electron chi connectivity index (χ2n) is 5.96. The molecule has 1 spiro atoms. The van der Waals surface area contributed by atoms with Crippen LogP contribution in [0.3, 0.4) is 0 Å². The largest absolute Gasteiger partial charge is 0.385 e. The average Bonchev–Trinajstić information content (AvgIpc) is 3.10. The number of carbonyl (C=O) groups excluding carboxylic acids is 1. The quantitative estimate of drug-likeness (QED) is 0.904. The van der Waals surface area contributed by atoms with Gasteiger partial charge < -0.3 is 10.6 Å². The number of amides is 2. The van der Waals surface area contributed by atoms with Crippen molar-refractivity contribution in [2.75, 3.05) is 6.54 Å². The zero-order chi connectivity index (χ0) is 13.9. The fraction of sp³-hybridized carbons (Fsp3) is 0.467. The summed E-state index contributed by atoms with van der Waals surface area (Å²) in [5.74, 6) is 1.10. The zero-order valence-corrected chi connectivity index (χ0v) is 12.7. The van der Waals surface area contributed by atoms with Crippen LogP contribution in [0.1, 0.15) is 30.4 Å². The summed E-state index contributed by atoms with van der Waals surface area (Å²) in [6.07, 6.45) is 4.20. The molecule has 3 aliphatic rings. The van der Waals surface area contributed by atoms with E-state index in [9.17, 15) is 4.79 Å². The van der Waals surface area contributed by atoms with Crippen LogP contribution in [0.25, 0.3) is 0 Å². The van der Waals surface area contributed by atoms with Crippen LogP contribution >= 0.6 is 15.9 Å². The molecule has 1 heterocycles. The van der Waals surface area contributed by atoms with Gasteiger partial charge in [0.1, 0.15) is 11.4 Å². The highest BCUT2D eigenvalue weighted by atomic mass is 79.9. The molecular formula is C15H16BrN3O. The lowest BCUT2D eigenvalue weighted by molar-refractivity contribution is 0.166. The Labute approximate surface area is 126 Å². The molecule has 0 saturated heterocycles. The van der Waals surface area contributed by atoms with E-state index in [-0.39, 0.29) is 6.03 Å². The van der Waals surface area contributed by atoms with Gasteiger partial charge in [-0.1, -0.05) is 28.1 Å². The number of nitrogens with zero attached hydrogens (tertiary/aromatic N) is 2.